The van der Waals surface area contributed by atoms with Crippen molar-refractivity contribution in [3.63, 3.8) is 0 Å². The molecule has 23 heavy (non-hydrogen) atoms. The Morgan fingerprint density at radius 3 is 2.65 bits per heavy atom. The van der Waals surface area contributed by atoms with Crippen molar-refractivity contribution >= 4 is 11.9 Å². The smallest absolute Gasteiger partial charge is 0.271 e. The van der Waals surface area contributed by atoms with E-state index >= 15 is 0 Å². The molecule has 0 unspecified atom stereocenters. The second-order valence-corrected chi connectivity index (χ2v) is 5.57. The molecule has 8 heteroatoms. The number of carbonyl (C=O) groups is 1. The fourth-order valence-electron chi connectivity index (χ4n) is 2.58. The number of rotatable bonds is 5. The minimum absolute atomic E-state index is 0.134. The number of aromatic amines is 1. The molecule has 1 saturated heterocycles. The van der Waals surface area contributed by atoms with E-state index in [4.69, 9.17) is 0 Å². The minimum atomic E-state index is -0.134. The number of nitrogens with one attached hydrogen (secondary N) is 2. The third kappa shape index (κ3) is 4.04. The molecule has 0 spiro atoms. The number of aryl methyl sites for hydroxylation is 1. The lowest BCUT2D eigenvalue weighted by molar-refractivity contribution is 0.0942. The predicted molar refractivity (Wildman–Crippen MR) is 86.3 cm³/mol. The highest BCUT2D eigenvalue weighted by Gasteiger charge is 2.18. The van der Waals surface area contributed by atoms with Gasteiger partial charge in [-0.2, -0.15) is 5.10 Å². The minimum Gasteiger partial charge on any atom is -0.349 e. The number of piperazine rings is 1. The van der Waals surface area contributed by atoms with Gasteiger partial charge in [-0.15, -0.1) is 0 Å². The fraction of sp³-hybridized carbons (Fsp3) is 0.467. The summed E-state index contributed by atoms with van der Waals surface area (Å²) in [5.74, 6) is 0.653. The van der Waals surface area contributed by atoms with Gasteiger partial charge in [-0.1, -0.05) is 0 Å². The first kappa shape index (κ1) is 15.4. The average molecular weight is 315 g/mol. The van der Waals surface area contributed by atoms with Gasteiger partial charge in [0.2, 0.25) is 5.95 Å². The summed E-state index contributed by atoms with van der Waals surface area (Å²) in [6, 6.07) is 3.57. The quantitative estimate of drug-likeness (QED) is 0.811. The van der Waals surface area contributed by atoms with Crippen LogP contribution in [-0.4, -0.2) is 70.2 Å². The van der Waals surface area contributed by atoms with Crippen molar-refractivity contribution in [1.29, 1.82) is 0 Å². The summed E-state index contributed by atoms with van der Waals surface area (Å²) < 4.78 is 0. The van der Waals surface area contributed by atoms with Crippen molar-refractivity contribution in [2.45, 2.75) is 6.92 Å². The predicted octanol–water partition coefficient (Wildman–Crippen LogP) is 0.0601. The van der Waals surface area contributed by atoms with Gasteiger partial charge in [0, 0.05) is 57.4 Å². The third-order valence-corrected chi connectivity index (χ3v) is 3.86. The van der Waals surface area contributed by atoms with E-state index in [0.29, 0.717) is 12.2 Å². The van der Waals surface area contributed by atoms with Gasteiger partial charge in [-0.05, 0) is 19.1 Å². The van der Waals surface area contributed by atoms with Crippen molar-refractivity contribution in [3.05, 3.63) is 35.9 Å². The topological polar surface area (TPSA) is 90.0 Å². The van der Waals surface area contributed by atoms with E-state index < -0.39 is 0 Å². The molecule has 0 bridgehead atoms. The van der Waals surface area contributed by atoms with E-state index in [0.717, 1.165) is 44.4 Å². The Morgan fingerprint density at radius 1 is 1.26 bits per heavy atom. The number of H-pyrrole nitrogens is 1. The number of aromatic nitrogens is 4. The first-order valence-electron chi connectivity index (χ1n) is 7.77. The van der Waals surface area contributed by atoms with Crippen LogP contribution in [0.4, 0.5) is 5.95 Å². The number of carbonyl (C=O) groups excluding carboxylic acids is 1. The van der Waals surface area contributed by atoms with Gasteiger partial charge in [0.25, 0.3) is 5.91 Å². The lowest BCUT2D eigenvalue weighted by Gasteiger charge is -2.34. The summed E-state index contributed by atoms with van der Waals surface area (Å²) in [5.41, 5.74) is 1.32. The van der Waals surface area contributed by atoms with Crippen LogP contribution in [0.25, 0.3) is 0 Å². The van der Waals surface area contributed by atoms with Crippen LogP contribution in [-0.2, 0) is 0 Å². The molecule has 0 radical (unpaired) electrons. The zero-order valence-corrected chi connectivity index (χ0v) is 13.2. The number of anilines is 1. The maximum atomic E-state index is 11.9. The number of hydrogen-bond donors (Lipinski definition) is 2. The molecule has 2 aromatic rings. The molecule has 0 saturated carbocycles. The van der Waals surface area contributed by atoms with Crippen LogP contribution < -0.4 is 10.2 Å². The molecule has 1 fully saturated rings. The Labute approximate surface area is 134 Å². The first-order valence-corrected chi connectivity index (χ1v) is 7.77. The first-order chi connectivity index (χ1) is 11.2. The molecule has 2 N–H and O–H groups in total. The molecule has 1 aliphatic rings. The van der Waals surface area contributed by atoms with Crippen LogP contribution >= 0.6 is 0 Å². The van der Waals surface area contributed by atoms with Gasteiger partial charge in [0.15, 0.2) is 0 Å². The molecule has 122 valence electrons. The lowest BCUT2D eigenvalue weighted by atomic mass is 10.3. The van der Waals surface area contributed by atoms with E-state index in [1.807, 2.05) is 13.0 Å². The highest BCUT2D eigenvalue weighted by atomic mass is 16.1. The lowest BCUT2D eigenvalue weighted by Crippen LogP contribution is -2.49. The number of nitrogens with zero attached hydrogens (tertiary/aromatic N) is 5. The largest absolute Gasteiger partial charge is 0.349 e. The molecule has 3 heterocycles. The summed E-state index contributed by atoms with van der Waals surface area (Å²) in [4.78, 5) is 25.0. The van der Waals surface area contributed by atoms with Gasteiger partial charge in [-0.25, -0.2) is 9.97 Å². The van der Waals surface area contributed by atoms with Crippen LogP contribution in [0.15, 0.2) is 24.5 Å². The molecular weight excluding hydrogens is 294 g/mol. The van der Waals surface area contributed by atoms with Crippen molar-refractivity contribution < 1.29 is 4.79 Å². The molecule has 0 atom stereocenters. The monoisotopic (exact) mass is 315 g/mol. The molecule has 0 aliphatic carbocycles. The molecule has 2 aromatic heterocycles. The second kappa shape index (κ2) is 7.19. The summed E-state index contributed by atoms with van der Waals surface area (Å²) in [6.45, 7) is 7.00. The summed E-state index contributed by atoms with van der Waals surface area (Å²) in [5, 5.41) is 9.63. The average Bonchev–Trinajstić information content (AvgIpc) is 3.03. The van der Waals surface area contributed by atoms with Crippen LogP contribution in [0.5, 0.6) is 0 Å². The number of amides is 1. The maximum absolute atomic E-state index is 11.9. The van der Waals surface area contributed by atoms with Crippen LogP contribution in [0.3, 0.4) is 0 Å². The van der Waals surface area contributed by atoms with E-state index in [1.165, 1.54) is 0 Å². The van der Waals surface area contributed by atoms with Crippen LogP contribution in [0, 0.1) is 6.92 Å². The summed E-state index contributed by atoms with van der Waals surface area (Å²) in [6.07, 6.45) is 3.53. The highest BCUT2D eigenvalue weighted by Crippen LogP contribution is 2.09. The van der Waals surface area contributed by atoms with Crippen molar-refractivity contribution in [2.24, 2.45) is 0 Å². The Bertz CT molecular complexity index is 634. The molecule has 0 aromatic carbocycles. The van der Waals surface area contributed by atoms with Gasteiger partial charge in [-0.3, -0.25) is 14.8 Å². The summed E-state index contributed by atoms with van der Waals surface area (Å²) >= 11 is 0. The van der Waals surface area contributed by atoms with E-state index in [1.54, 1.807) is 18.5 Å². The van der Waals surface area contributed by atoms with Gasteiger partial charge in [0.05, 0.1) is 0 Å². The van der Waals surface area contributed by atoms with Gasteiger partial charge in [0.1, 0.15) is 5.69 Å². The normalized spacial score (nSPS) is 15.6. The fourth-order valence-corrected chi connectivity index (χ4v) is 2.58. The van der Waals surface area contributed by atoms with E-state index in [9.17, 15) is 4.79 Å². The molecule has 1 aliphatic heterocycles. The molecule has 8 nitrogen and oxygen atoms in total. The Hall–Kier alpha value is -2.48. The van der Waals surface area contributed by atoms with E-state index in [-0.39, 0.29) is 5.91 Å². The Balaban J connectivity index is 1.39. The standard InChI is InChI=1S/C15H21N7O/c1-12-11-13(20-19-12)14(23)16-5-6-21-7-9-22(10-8-21)15-17-3-2-4-18-15/h2-4,11H,5-10H2,1H3,(H,16,23)(H,19,20). The zero-order valence-electron chi connectivity index (χ0n) is 13.2. The zero-order chi connectivity index (χ0) is 16.1. The highest BCUT2D eigenvalue weighted by molar-refractivity contribution is 5.92. The van der Waals surface area contributed by atoms with Crippen LogP contribution in [0.2, 0.25) is 0 Å². The van der Waals surface area contributed by atoms with E-state index in [2.05, 4.69) is 35.3 Å². The maximum Gasteiger partial charge on any atom is 0.271 e. The van der Waals surface area contributed by atoms with Gasteiger partial charge >= 0.3 is 0 Å². The third-order valence-electron chi connectivity index (χ3n) is 3.86. The second-order valence-electron chi connectivity index (χ2n) is 5.57. The molecular formula is C15H21N7O. The van der Waals surface area contributed by atoms with Crippen molar-refractivity contribution in [3.8, 4) is 0 Å². The SMILES string of the molecule is Cc1cc(C(=O)NCCN2CCN(c3ncccn3)CC2)n[nH]1. The Morgan fingerprint density at radius 2 is 2.00 bits per heavy atom. The van der Waals surface area contributed by atoms with Gasteiger partial charge < -0.3 is 10.2 Å². The molecule has 1 amide bonds. The summed E-state index contributed by atoms with van der Waals surface area (Å²) in [7, 11) is 0. The Kier molecular flexibility index (Phi) is 4.82. The van der Waals surface area contributed by atoms with Crippen molar-refractivity contribution in [1.82, 2.24) is 30.4 Å². The van der Waals surface area contributed by atoms with Crippen LogP contribution in [0.1, 0.15) is 16.2 Å². The molecule has 3 rings (SSSR count). The number of hydrogen-bond acceptors (Lipinski definition) is 6. The van der Waals surface area contributed by atoms with Crippen molar-refractivity contribution in [2.75, 3.05) is 44.2 Å².